The highest BCUT2D eigenvalue weighted by atomic mass is 16.5. The zero-order valence-electron chi connectivity index (χ0n) is 15.1. The molecule has 0 radical (unpaired) electrons. The van der Waals surface area contributed by atoms with Gasteiger partial charge in [-0.2, -0.15) is 0 Å². The average Bonchev–Trinajstić information content (AvgIpc) is 3.08. The van der Waals surface area contributed by atoms with Gasteiger partial charge in [-0.3, -0.25) is 4.79 Å². The maximum atomic E-state index is 12.3. The van der Waals surface area contributed by atoms with Gasteiger partial charge in [-0.05, 0) is 24.5 Å². The number of benzene rings is 2. The molecule has 2 unspecified atom stereocenters. The van der Waals surface area contributed by atoms with Crippen LogP contribution in [0, 0.1) is 0 Å². The minimum atomic E-state index is -0.866. The van der Waals surface area contributed by atoms with E-state index in [-0.39, 0.29) is 24.4 Å². The Kier molecular flexibility index (Phi) is 6.30. The number of fused-ring (bicyclic) bond motifs is 1. The zero-order valence-corrected chi connectivity index (χ0v) is 15.1. The molecule has 0 spiro atoms. The molecule has 0 saturated heterocycles. The molecule has 27 heavy (non-hydrogen) atoms. The van der Waals surface area contributed by atoms with E-state index in [1.54, 1.807) is 0 Å². The van der Waals surface area contributed by atoms with Gasteiger partial charge in [-0.15, -0.1) is 0 Å². The molecule has 0 bridgehead atoms. The lowest BCUT2D eigenvalue weighted by Crippen LogP contribution is -2.44. The van der Waals surface area contributed by atoms with Crippen molar-refractivity contribution in [1.29, 1.82) is 0 Å². The molecule has 3 rings (SSSR count). The lowest BCUT2D eigenvalue weighted by molar-refractivity contribution is -0.137. The number of rotatable bonds is 8. The van der Waals surface area contributed by atoms with E-state index in [9.17, 15) is 9.59 Å². The predicted molar refractivity (Wildman–Crippen MR) is 102 cm³/mol. The SMILES string of the molecule is O=C(O)CCC(Cc1ccccc1)NC(=O)NCC1COc2ccccc21. The average molecular weight is 368 g/mol. The van der Waals surface area contributed by atoms with Crippen molar-refractivity contribution in [3.05, 3.63) is 65.7 Å². The quantitative estimate of drug-likeness (QED) is 0.668. The highest BCUT2D eigenvalue weighted by Crippen LogP contribution is 2.32. The summed E-state index contributed by atoms with van der Waals surface area (Å²) in [5, 5.41) is 14.8. The first kappa shape index (κ1) is 18.8. The minimum Gasteiger partial charge on any atom is -0.493 e. The smallest absolute Gasteiger partial charge is 0.315 e. The number of para-hydroxylation sites is 1. The first-order chi connectivity index (χ1) is 13.1. The van der Waals surface area contributed by atoms with E-state index in [0.29, 0.717) is 26.0 Å². The van der Waals surface area contributed by atoms with Gasteiger partial charge in [0.15, 0.2) is 0 Å². The predicted octanol–water partition coefficient (Wildman–Crippen LogP) is 2.94. The third-order valence-corrected chi connectivity index (χ3v) is 4.67. The number of nitrogens with one attached hydrogen (secondary N) is 2. The lowest BCUT2D eigenvalue weighted by atomic mass is 10.0. The summed E-state index contributed by atoms with van der Waals surface area (Å²) >= 11 is 0. The largest absolute Gasteiger partial charge is 0.493 e. The van der Waals surface area contributed by atoms with Gasteiger partial charge < -0.3 is 20.5 Å². The van der Waals surface area contributed by atoms with Crippen LogP contribution in [0.2, 0.25) is 0 Å². The number of hydrogen-bond acceptors (Lipinski definition) is 3. The number of ether oxygens (including phenoxy) is 1. The van der Waals surface area contributed by atoms with Gasteiger partial charge in [-0.1, -0.05) is 48.5 Å². The topological polar surface area (TPSA) is 87.7 Å². The highest BCUT2D eigenvalue weighted by Gasteiger charge is 2.24. The van der Waals surface area contributed by atoms with Crippen LogP contribution in [0.3, 0.4) is 0 Å². The van der Waals surface area contributed by atoms with Crippen LogP contribution in [-0.4, -0.2) is 36.3 Å². The second kappa shape index (κ2) is 9.07. The van der Waals surface area contributed by atoms with Crippen LogP contribution >= 0.6 is 0 Å². The van der Waals surface area contributed by atoms with E-state index >= 15 is 0 Å². The molecule has 1 aliphatic heterocycles. The van der Waals surface area contributed by atoms with E-state index in [1.807, 2.05) is 54.6 Å². The minimum absolute atomic E-state index is 0.0155. The molecular weight excluding hydrogens is 344 g/mol. The second-order valence-electron chi connectivity index (χ2n) is 6.72. The number of carbonyl (C=O) groups excluding carboxylic acids is 1. The summed E-state index contributed by atoms with van der Waals surface area (Å²) in [7, 11) is 0. The van der Waals surface area contributed by atoms with E-state index in [0.717, 1.165) is 16.9 Å². The number of aliphatic carboxylic acids is 1. The molecule has 2 aromatic carbocycles. The molecule has 0 aliphatic carbocycles. The van der Waals surface area contributed by atoms with Crippen LogP contribution in [0.15, 0.2) is 54.6 Å². The Hall–Kier alpha value is -3.02. The normalized spacial score (nSPS) is 16.1. The fourth-order valence-electron chi connectivity index (χ4n) is 3.27. The molecule has 2 atom stereocenters. The van der Waals surface area contributed by atoms with Crippen LogP contribution in [0.5, 0.6) is 5.75 Å². The molecular formula is C21H24N2O4. The highest BCUT2D eigenvalue weighted by molar-refractivity contribution is 5.74. The first-order valence-corrected chi connectivity index (χ1v) is 9.13. The number of hydrogen-bond donors (Lipinski definition) is 3. The number of amides is 2. The number of carboxylic acids is 1. The molecule has 2 amide bonds. The lowest BCUT2D eigenvalue weighted by Gasteiger charge is -2.19. The molecule has 1 heterocycles. The van der Waals surface area contributed by atoms with Crippen LogP contribution in [0.25, 0.3) is 0 Å². The van der Waals surface area contributed by atoms with E-state index < -0.39 is 5.97 Å². The molecule has 6 nitrogen and oxygen atoms in total. The number of urea groups is 1. The summed E-state index contributed by atoms with van der Waals surface area (Å²) in [5.74, 6) is 0.127. The van der Waals surface area contributed by atoms with Crippen molar-refractivity contribution in [2.45, 2.75) is 31.2 Å². The van der Waals surface area contributed by atoms with E-state index in [2.05, 4.69) is 10.6 Å². The van der Waals surface area contributed by atoms with Crippen molar-refractivity contribution in [1.82, 2.24) is 10.6 Å². The molecule has 3 N–H and O–H groups in total. The summed E-state index contributed by atoms with van der Waals surface area (Å²) < 4.78 is 5.63. The maximum Gasteiger partial charge on any atom is 0.315 e. The summed E-state index contributed by atoms with van der Waals surface area (Å²) in [6, 6.07) is 17.0. The summed E-state index contributed by atoms with van der Waals surface area (Å²) in [6.07, 6.45) is 0.992. The van der Waals surface area contributed by atoms with Crippen molar-refractivity contribution >= 4 is 12.0 Å². The fraction of sp³-hybridized carbons (Fsp3) is 0.333. The first-order valence-electron chi connectivity index (χ1n) is 9.13. The van der Waals surface area contributed by atoms with Gasteiger partial charge in [-0.25, -0.2) is 4.79 Å². The van der Waals surface area contributed by atoms with Crippen molar-refractivity contribution in [3.63, 3.8) is 0 Å². The standard InChI is InChI=1S/C21H24N2O4/c24-20(25)11-10-17(12-15-6-2-1-3-7-15)23-21(26)22-13-16-14-27-19-9-5-4-8-18(16)19/h1-9,16-17H,10-14H2,(H,24,25)(H2,22,23,26). The monoisotopic (exact) mass is 368 g/mol. The Morgan fingerprint density at radius 1 is 1.11 bits per heavy atom. The molecule has 0 aromatic heterocycles. The Labute approximate surface area is 158 Å². The molecule has 6 heteroatoms. The summed E-state index contributed by atoms with van der Waals surface area (Å²) in [6.45, 7) is 1.02. The Morgan fingerprint density at radius 2 is 1.85 bits per heavy atom. The summed E-state index contributed by atoms with van der Waals surface area (Å²) in [4.78, 5) is 23.3. The van der Waals surface area contributed by atoms with Crippen LogP contribution in [0.1, 0.15) is 29.9 Å². The third kappa shape index (κ3) is 5.48. The number of carboxylic acid groups (broad SMARTS) is 1. The fourth-order valence-corrected chi connectivity index (χ4v) is 3.27. The van der Waals surface area contributed by atoms with Crippen molar-refractivity contribution in [3.8, 4) is 5.75 Å². The molecule has 0 fully saturated rings. The third-order valence-electron chi connectivity index (χ3n) is 4.67. The second-order valence-corrected chi connectivity index (χ2v) is 6.72. The maximum absolute atomic E-state index is 12.3. The number of carbonyl (C=O) groups is 2. The van der Waals surface area contributed by atoms with Crippen LogP contribution < -0.4 is 15.4 Å². The summed E-state index contributed by atoms with van der Waals surface area (Å²) in [5.41, 5.74) is 2.16. The Morgan fingerprint density at radius 3 is 2.63 bits per heavy atom. The van der Waals surface area contributed by atoms with Gasteiger partial charge in [0.1, 0.15) is 5.75 Å². The zero-order chi connectivity index (χ0) is 19.1. The molecule has 1 aliphatic rings. The van der Waals surface area contributed by atoms with Crippen LogP contribution in [-0.2, 0) is 11.2 Å². The van der Waals surface area contributed by atoms with Gasteiger partial charge in [0, 0.05) is 30.5 Å². The Balaban J connectivity index is 1.53. The van der Waals surface area contributed by atoms with Gasteiger partial charge in [0.2, 0.25) is 0 Å². The molecule has 2 aromatic rings. The van der Waals surface area contributed by atoms with E-state index in [1.165, 1.54) is 0 Å². The van der Waals surface area contributed by atoms with Gasteiger partial charge in [0.25, 0.3) is 0 Å². The molecule has 142 valence electrons. The van der Waals surface area contributed by atoms with Crippen LogP contribution in [0.4, 0.5) is 4.79 Å². The van der Waals surface area contributed by atoms with Gasteiger partial charge >= 0.3 is 12.0 Å². The van der Waals surface area contributed by atoms with Gasteiger partial charge in [0.05, 0.1) is 6.61 Å². The van der Waals surface area contributed by atoms with Crippen molar-refractivity contribution < 1.29 is 19.4 Å². The van der Waals surface area contributed by atoms with Crippen molar-refractivity contribution in [2.24, 2.45) is 0 Å². The Bertz CT molecular complexity index is 779. The van der Waals surface area contributed by atoms with Crippen molar-refractivity contribution in [2.75, 3.05) is 13.2 Å². The molecule has 0 saturated carbocycles. The van der Waals surface area contributed by atoms with E-state index in [4.69, 9.17) is 9.84 Å².